The van der Waals surface area contributed by atoms with Crippen molar-refractivity contribution in [3.63, 3.8) is 0 Å². The molecule has 7 nitrogen and oxygen atoms in total. The number of hydrogen-bond acceptors (Lipinski definition) is 5. The molecular formula is C12H9N3O4. The van der Waals surface area contributed by atoms with Gasteiger partial charge in [0.25, 0.3) is 11.2 Å². The molecule has 0 radical (unpaired) electrons. The maximum Gasteiger partial charge on any atom is 0.270 e. The van der Waals surface area contributed by atoms with E-state index in [4.69, 9.17) is 0 Å². The van der Waals surface area contributed by atoms with Crippen LogP contribution in [0.1, 0.15) is 10.4 Å². The summed E-state index contributed by atoms with van der Waals surface area (Å²) in [7, 11) is 0. The topological polar surface area (TPSA) is 95.1 Å². The molecule has 0 aliphatic rings. The second-order valence-electron chi connectivity index (χ2n) is 3.78. The van der Waals surface area contributed by atoms with Gasteiger partial charge in [-0.2, -0.15) is 0 Å². The maximum atomic E-state index is 11.9. The number of carbonyl (C=O) groups excluding carboxylic acids is 1. The lowest BCUT2D eigenvalue weighted by Gasteiger charge is -2.03. The molecule has 1 heterocycles. The fourth-order valence-corrected chi connectivity index (χ4v) is 1.54. The Bertz CT molecular complexity index is 693. The molecular weight excluding hydrogens is 250 g/mol. The molecule has 0 N–H and O–H groups in total. The summed E-state index contributed by atoms with van der Waals surface area (Å²) in [5, 5.41) is 10.6. The first-order chi connectivity index (χ1) is 9.08. The van der Waals surface area contributed by atoms with Crippen LogP contribution in [0.4, 0.5) is 5.69 Å². The quantitative estimate of drug-likeness (QED) is 0.464. The molecule has 1 aromatic heterocycles. The molecule has 0 aliphatic heterocycles. The number of non-ortho nitro benzene ring substituents is 1. The summed E-state index contributed by atoms with van der Waals surface area (Å²) >= 11 is 0. The molecule has 0 aliphatic carbocycles. The van der Waals surface area contributed by atoms with E-state index in [-0.39, 0.29) is 29.1 Å². The van der Waals surface area contributed by atoms with E-state index in [1.165, 1.54) is 42.9 Å². The number of ketones is 1. The van der Waals surface area contributed by atoms with Gasteiger partial charge in [-0.1, -0.05) is 12.1 Å². The number of Topliss-reactive ketones (excluding diaryl/α,β-unsaturated/α-hetero) is 1. The minimum atomic E-state index is -0.576. The molecule has 2 aromatic rings. The van der Waals surface area contributed by atoms with Crippen LogP contribution in [-0.2, 0) is 6.54 Å². The van der Waals surface area contributed by atoms with Gasteiger partial charge in [0.1, 0.15) is 0 Å². The van der Waals surface area contributed by atoms with Crippen LogP contribution in [0.15, 0.2) is 47.7 Å². The van der Waals surface area contributed by atoms with Crippen LogP contribution in [0.25, 0.3) is 0 Å². The Morgan fingerprint density at radius 3 is 2.84 bits per heavy atom. The highest BCUT2D eigenvalue weighted by Crippen LogP contribution is 2.13. The van der Waals surface area contributed by atoms with Gasteiger partial charge >= 0.3 is 0 Å². The van der Waals surface area contributed by atoms with Crippen LogP contribution in [0, 0.1) is 10.1 Å². The number of nitrogens with zero attached hydrogens (tertiary/aromatic N) is 3. The largest absolute Gasteiger partial charge is 0.292 e. The number of rotatable bonds is 4. The van der Waals surface area contributed by atoms with Crippen LogP contribution >= 0.6 is 0 Å². The van der Waals surface area contributed by atoms with Crippen LogP contribution < -0.4 is 5.56 Å². The van der Waals surface area contributed by atoms with Gasteiger partial charge in [-0.15, -0.1) is 0 Å². The van der Waals surface area contributed by atoms with Crippen molar-refractivity contribution in [2.45, 2.75) is 6.54 Å². The van der Waals surface area contributed by atoms with Crippen LogP contribution in [0.2, 0.25) is 0 Å². The SMILES string of the molecule is O=C(Cn1cnccc1=O)c1cccc([N+](=O)[O-])c1. The van der Waals surface area contributed by atoms with Gasteiger partial charge in [0, 0.05) is 30.0 Å². The molecule has 0 saturated carbocycles. The van der Waals surface area contributed by atoms with E-state index in [1.807, 2.05) is 0 Å². The van der Waals surface area contributed by atoms with Crippen LogP contribution in [0.5, 0.6) is 0 Å². The van der Waals surface area contributed by atoms with Crippen molar-refractivity contribution in [1.29, 1.82) is 0 Å². The zero-order valence-corrected chi connectivity index (χ0v) is 9.72. The first-order valence-corrected chi connectivity index (χ1v) is 5.36. The number of aromatic nitrogens is 2. The molecule has 0 amide bonds. The number of benzene rings is 1. The highest BCUT2D eigenvalue weighted by Gasteiger charge is 2.12. The third-order valence-electron chi connectivity index (χ3n) is 2.49. The average Bonchev–Trinajstić information content (AvgIpc) is 2.41. The molecule has 2 rings (SSSR count). The lowest BCUT2D eigenvalue weighted by atomic mass is 10.1. The van der Waals surface area contributed by atoms with Gasteiger partial charge in [0.05, 0.1) is 17.8 Å². The zero-order valence-electron chi connectivity index (χ0n) is 9.72. The Labute approximate surface area is 107 Å². The molecule has 7 heteroatoms. The van der Waals surface area contributed by atoms with Crippen molar-refractivity contribution in [2.75, 3.05) is 0 Å². The highest BCUT2D eigenvalue weighted by molar-refractivity contribution is 5.96. The molecule has 0 atom stereocenters. The lowest BCUT2D eigenvalue weighted by Crippen LogP contribution is -2.23. The zero-order chi connectivity index (χ0) is 13.8. The summed E-state index contributed by atoms with van der Waals surface area (Å²) < 4.78 is 1.14. The predicted molar refractivity (Wildman–Crippen MR) is 65.9 cm³/mol. The number of nitro benzene ring substituents is 1. The standard InChI is InChI=1S/C12H9N3O4/c16-11(7-14-8-13-5-4-12(14)17)9-2-1-3-10(6-9)15(18)19/h1-6,8H,7H2. The third-order valence-corrected chi connectivity index (χ3v) is 2.49. The number of hydrogen-bond donors (Lipinski definition) is 0. The monoisotopic (exact) mass is 259 g/mol. The molecule has 0 spiro atoms. The minimum absolute atomic E-state index is 0.163. The Hall–Kier alpha value is -2.83. The fourth-order valence-electron chi connectivity index (χ4n) is 1.54. The van der Waals surface area contributed by atoms with Crippen molar-refractivity contribution >= 4 is 11.5 Å². The molecule has 19 heavy (non-hydrogen) atoms. The van der Waals surface area contributed by atoms with E-state index in [0.717, 1.165) is 4.57 Å². The Morgan fingerprint density at radius 2 is 2.16 bits per heavy atom. The van der Waals surface area contributed by atoms with Crippen molar-refractivity contribution in [2.24, 2.45) is 0 Å². The van der Waals surface area contributed by atoms with E-state index in [0.29, 0.717) is 0 Å². The van der Waals surface area contributed by atoms with Gasteiger partial charge in [0.2, 0.25) is 0 Å². The highest BCUT2D eigenvalue weighted by atomic mass is 16.6. The summed E-state index contributed by atoms with van der Waals surface area (Å²) in [6.45, 7) is -0.201. The minimum Gasteiger partial charge on any atom is -0.292 e. The van der Waals surface area contributed by atoms with Gasteiger partial charge in [-0.25, -0.2) is 4.98 Å². The van der Waals surface area contributed by atoms with Gasteiger partial charge in [-0.3, -0.25) is 24.3 Å². The Balaban J connectivity index is 2.26. The second-order valence-corrected chi connectivity index (χ2v) is 3.78. The van der Waals surface area contributed by atoms with Crippen molar-refractivity contribution < 1.29 is 9.72 Å². The van der Waals surface area contributed by atoms with E-state index >= 15 is 0 Å². The summed E-state index contributed by atoms with van der Waals surface area (Å²) in [6.07, 6.45) is 2.58. The van der Waals surface area contributed by atoms with Gasteiger partial charge < -0.3 is 0 Å². The summed E-state index contributed by atoms with van der Waals surface area (Å²) in [5.74, 6) is -0.390. The fraction of sp³-hybridized carbons (Fsp3) is 0.0833. The summed E-state index contributed by atoms with van der Waals surface area (Å²) in [4.78, 5) is 37.1. The normalized spacial score (nSPS) is 10.1. The van der Waals surface area contributed by atoms with Crippen molar-refractivity contribution in [3.8, 4) is 0 Å². The maximum absolute atomic E-state index is 11.9. The summed E-state index contributed by atoms with van der Waals surface area (Å²) in [5.41, 5.74) is -0.330. The number of nitro groups is 1. The van der Waals surface area contributed by atoms with E-state index in [1.54, 1.807) is 0 Å². The van der Waals surface area contributed by atoms with Gasteiger partial charge in [0.15, 0.2) is 5.78 Å². The smallest absolute Gasteiger partial charge is 0.270 e. The van der Waals surface area contributed by atoms with E-state index < -0.39 is 4.92 Å². The molecule has 0 unspecified atom stereocenters. The predicted octanol–water partition coefficient (Wildman–Crippen LogP) is 1.03. The number of carbonyl (C=O) groups is 1. The molecule has 0 fully saturated rings. The third kappa shape index (κ3) is 2.89. The van der Waals surface area contributed by atoms with E-state index in [2.05, 4.69) is 4.98 Å². The summed E-state index contributed by atoms with van der Waals surface area (Å²) in [6, 6.07) is 6.62. The van der Waals surface area contributed by atoms with Crippen LogP contribution in [0.3, 0.4) is 0 Å². The lowest BCUT2D eigenvalue weighted by molar-refractivity contribution is -0.384. The molecule has 96 valence electrons. The van der Waals surface area contributed by atoms with Crippen molar-refractivity contribution in [1.82, 2.24) is 9.55 Å². The van der Waals surface area contributed by atoms with Crippen LogP contribution in [-0.4, -0.2) is 20.3 Å². The Morgan fingerprint density at radius 1 is 1.37 bits per heavy atom. The Kier molecular flexibility index (Phi) is 3.46. The van der Waals surface area contributed by atoms with Gasteiger partial charge in [-0.05, 0) is 0 Å². The molecule has 0 saturated heterocycles. The molecule has 1 aromatic carbocycles. The first-order valence-electron chi connectivity index (χ1n) is 5.36. The average molecular weight is 259 g/mol. The molecule has 0 bridgehead atoms. The van der Waals surface area contributed by atoms with Crippen molar-refractivity contribution in [3.05, 3.63) is 68.9 Å². The second kappa shape index (κ2) is 5.21. The van der Waals surface area contributed by atoms with E-state index in [9.17, 15) is 19.7 Å². The first kappa shape index (κ1) is 12.6.